The molecule has 0 aromatic carbocycles. The maximum absolute atomic E-state index is 9.82. The number of anilines is 2. The van der Waals surface area contributed by atoms with Crippen molar-refractivity contribution in [1.29, 1.82) is 0 Å². The molecule has 1 heterocycles. The highest BCUT2D eigenvalue weighted by Crippen LogP contribution is 2.25. The summed E-state index contributed by atoms with van der Waals surface area (Å²) in [6.45, 7) is 0.752. The third kappa shape index (κ3) is 2.64. The van der Waals surface area contributed by atoms with Crippen molar-refractivity contribution < 1.29 is 5.11 Å². The molecular formula is C12H19N3O. The predicted octanol–water partition coefficient (Wildman–Crippen LogP) is 1.63. The monoisotopic (exact) mass is 221 g/mol. The first-order chi connectivity index (χ1) is 7.77. The van der Waals surface area contributed by atoms with Crippen LogP contribution >= 0.6 is 0 Å². The third-order valence-corrected chi connectivity index (χ3v) is 3.24. The third-order valence-electron chi connectivity index (χ3n) is 3.24. The van der Waals surface area contributed by atoms with Crippen LogP contribution in [0.1, 0.15) is 25.7 Å². The summed E-state index contributed by atoms with van der Waals surface area (Å²) in [6, 6.07) is 3.64. The number of hydrogen-bond donors (Lipinski definition) is 3. The van der Waals surface area contributed by atoms with Gasteiger partial charge in [0.15, 0.2) is 0 Å². The topological polar surface area (TPSA) is 71.2 Å². The number of pyridine rings is 1. The number of aromatic nitrogens is 1. The maximum atomic E-state index is 9.82. The summed E-state index contributed by atoms with van der Waals surface area (Å²) in [6.07, 6.45) is 5.90. The van der Waals surface area contributed by atoms with Crippen molar-refractivity contribution in [3.8, 4) is 0 Å². The van der Waals surface area contributed by atoms with Crippen molar-refractivity contribution in [2.75, 3.05) is 17.6 Å². The Morgan fingerprint density at radius 2 is 2.25 bits per heavy atom. The van der Waals surface area contributed by atoms with Gasteiger partial charge in [0.25, 0.3) is 0 Å². The second kappa shape index (κ2) is 5.16. The maximum Gasteiger partial charge on any atom is 0.149 e. The van der Waals surface area contributed by atoms with Gasteiger partial charge in [0.05, 0.1) is 11.8 Å². The van der Waals surface area contributed by atoms with Crippen LogP contribution in [0.25, 0.3) is 0 Å². The van der Waals surface area contributed by atoms with Crippen molar-refractivity contribution in [3.05, 3.63) is 18.3 Å². The van der Waals surface area contributed by atoms with Crippen LogP contribution in [0.5, 0.6) is 0 Å². The van der Waals surface area contributed by atoms with Gasteiger partial charge in [0, 0.05) is 18.7 Å². The van der Waals surface area contributed by atoms with Gasteiger partial charge in [0.1, 0.15) is 5.82 Å². The summed E-state index contributed by atoms with van der Waals surface area (Å²) in [5.74, 6) is 1.05. The van der Waals surface area contributed by atoms with Gasteiger partial charge in [-0.3, -0.25) is 0 Å². The van der Waals surface area contributed by atoms with E-state index >= 15 is 0 Å². The molecule has 16 heavy (non-hydrogen) atoms. The fourth-order valence-corrected chi connectivity index (χ4v) is 2.22. The lowest BCUT2D eigenvalue weighted by molar-refractivity contribution is 0.0763. The Labute approximate surface area is 95.9 Å². The van der Waals surface area contributed by atoms with Gasteiger partial charge in [-0.15, -0.1) is 0 Å². The van der Waals surface area contributed by atoms with E-state index in [4.69, 9.17) is 5.73 Å². The molecule has 1 saturated carbocycles. The molecule has 2 unspecified atom stereocenters. The Hall–Kier alpha value is -1.29. The quantitative estimate of drug-likeness (QED) is 0.725. The SMILES string of the molecule is Nc1cccnc1NCC1CCCCC1O. The van der Waals surface area contributed by atoms with Crippen molar-refractivity contribution in [3.63, 3.8) is 0 Å². The molecule has 0 aliphatic heterocycles. The highest BCUT2D eigenvalue weighted by molar-refractivity contribution is 5.60. The van der Waals surface area contributed by atoms with Crippen molar-refractivity contribution in [1.82, 2.24) is 4.98 Å². The fourth-order valence-electron chi connectivity index (χ4n) is 2.22. The molecule has 4 N–H and O–H groups in total. The number of aliphatic hydroxyl groups excluding tert-OH is 1. The summed E-state index contributed by atoms with van der Waals surface area (Å²) in [5, 5.41) is 13.0. The predicted molar refractivity (Wildman–Crippen MR) is 65.1 cm³/mol. The van der Waals surface area contributed by atoms with Gasteiger partial charge in [0.2, 0.25) is 0 Å². The van der Waals surface area contributed by atoms with Crippen LogP contribution in [-0.2, 0) is 0 Å². The van der Waals surface area contributed by atoms with Crippen molar-refractivity contribution >= 4 is 11.5 Å². The second-order valence-corrected chi connectivity index (χ2v) is 4.43. The Bertz CT molecular complexity index is 343. The number of rotatable bonds is 3. The molecule has 1 aliphatic carbocycles. The number of aliphatic hydroxyl groups is 1. The van der Waals surface area contributed by atoms with Crippen molar-refractivity contribution in [2.24, 2.45) is 5.92 Å². The lowest BCUT2D eigenvalue weighted by atomic mass is 9.86. The van der Waals surface area contributed by atoms with E-state index in [2.05, 4.69) is 10.3 Å². The van der Waals surface area contributed by atoms with Gasteiger partial charge < -0.3 is 16.2 Å². The average molecular weight is 221 g/mol. The molecule has 0 bridgehead atoms. The van der Waals surface area contributed by atoms with Crippen LogP contribution in [0, 0.1) is 5.92 Å². The molecule has 2 rings (SSSR count). The average Bonchev–Trinajstić information content (AvgIpc) is 2.30. The Kier molecular flexibility index (Phi) is 3.62. The highest BCUT2D eigenvalue weighted by atomic mass is 16.3. The van der Waals surface area contributed by atoms with E-state index in [1.165, 1.54) is 6.42 Å². The van der Waals surface area contributed by atoms with E-state index in [0.717, 1.165) is 31.6 Å². The molecule has 4 heteroatoms. The molecule has 1 aromatic heterocycles. The Morgan fingerprint density at radius 1 is 1.44 bits per heavy atom. The summed E-state index contributed by atoms with van der Waals surface area (Å²) in [7, 11) is 0. The molecule has 0 saturated heterocycles. The van der Waals surface area contributed by atoms with Crippen LogP contribution < -0.4 is 11.1 Å². The standard InChI is InChI=1S/C12H19N3O/c13-10-5-3-7-14-12(10)15-8-9-4-1-2-6-11(9)16/h3,5,7,9,11,16H,1-2,4,6,8,13H2,(H,14,15). The first-order valence-electron chi connectivity index (χ1n) is 5.90. The largest absolute Gasteiger partial charge is 0.396 e. The van der Waals surface area contributed by atoms with Crippen LogP contribution in [0.3, 0.4) is 0 Å². The smallest absolute Gasteiger partial charge is 0.149 e. The van der Waals surface area contributed by atoms with Gasteiger partial charge in [-0.2, -0.15) is 0 Å². The minimum absolute atomic E-state index is 0.175. The summed E-state index contributed by atoms with van der Waals surface area (Å²) in [4.78, 5) is 4.17. The Morgan fingerprint density at radius 3 is 3.00 bits per heavy atom. The van der Waals surface area contributed by atoms with E-state index < -0.39 is 0 Å². The molecule has 2 atom stereocenters. The van der Waals surface area contributed by atoms with E-state index in [9.17, 15) is 5.11 Å². The molecule has 4 nitrogen and oxygen atoms in total. The molecule has 0 radical (unpaired) electrons. The molecule has 1 aliphatic rings. The van der Waals surface area contributed by atoms with Crippen molar-refractivity contribution in [2.45, 2.75) is 31.8 Å². The van der Waals surface area contributed by atoms with E-state index in [1.54, 1.807) is 6.20 Å². The van der Waals surface area contributed by atoms with Gasteiger partial charge in [-0.25, -0.2) is 4.98 Å². The van der Waals surface area contributed by atoms with Crippen LogP contribution in [0.4, 0.5) is 11.5 Å². The number of nitrogens with one attached hydrogen (secondary N) is 1. The summed E-state index contributed by atoms with van der Waals surface area (Å²) < 4.78 is 0. The number of hydrogen-bond acceptors (Lipinski definition) is 4. The summed E-state index contributed by atoms with van der Waals surface area (Å²) >= 11 is 0. The van der Waals surface area contributed by atoms with Crippen LogP contribution in [0.2, 0.25) is 0 Å². The molecule has 0 spiro atoms. The number of nitrogens with zero attached hydrogens (tertiary/aromatic N) is 1. The zero-order chi connectivity index (χ0) is 11.4. The fraction of sp³-hybridized carbons (Fsp3) is 0.583. The first kappa shape index (κ1) is 11.2. The Balaban J connectivity index is 1.89. The molecular weight excluding hydrogens is 202 g/mol. The van der Waals surface area contributed by atoms with E-state index in [0.29, 0.717) is 11.6 Å². The van der Waals surface area contributed by atoms with E-state index in [1.807, 2.05) is 12.1 Å². The van der Waals surface area contributed by atoms with Gasteiger partial charge in [-0.1, -0.05) is 12.8 Å². The van der Waals surface area contributed by atoms with Crippen LogP contribution in [0.15, 0.2) is 18.3 Å². The minimum Gasteiger partial charge on any atom is -0.396 e. The van der Waals surface area contributed by atoms with Gasteiger partial charge >= 0.3 is 0 Å². The lowest BCUT2D eigenvalue weighted by Crippen LogP contribution is -2.30. The zero-order valence-corrected chi connectivity index (χ0v) is 9.39. The van der Waals surface area contributed by atoms with Gasteiger partial charge in [-0.05, 0) is 25.0 Å². The summed E-state index contributed by atoms with van der Waals surface area (Å²) in [5.41, 5.74) is 6.44. The molecule has 1 aromatic rings. The van der Waals surface area contributed by atoms with E-state index in [-0.39, 0.29) is 6.10 Å². The highest BCUT2D eigenvalue weighted by Gasteiger charge is 2.22. The normalized spacial score (nSPS) is 25.3. The number of nitrogens with two attached hydrogens (primary N) is 1. The minimum atomic E-state index is -0.175. The molecule has 88 valence electrons. The van der Waals surface area contributed by atoms with Crippen LogP contribution in [-0.4, -0.2) is 22.7 Å². The lowest BCUT2D eigenvalue weighted by Gasteiger charge is -2.27. The molecule has 1 fully saturated rings. The molecule has 0 amide bonds. The second-order valence-electron chi connectivity index (χ2n) is 4.43. The zero-order valence-electron chi connectivity index (χ0n) is 9.39. The first-order valence-corrected chi connectivity index (χ1v) is 5.90. The number of nitrogen functional groups attached to an aromatic ring is 1.